The first-order chi connectivity index (χ1) is 52.4. The molecule has 1 saturated heterocycles. The molecular weight excluding hydrogens is 1380 g/mol. The van der Waals surface area contributed by atoms with E-state index in [9.17, 15) is 10.5 Å². The van der Waals surface area contributed by atoms with Crippen molar-refractivity contribution in [3.8, 4) is 79.1 Å². The fraction of sp³-hybridized carbons (Fsp3) is 0.140. The molecule has 8 heteroatoms. The quantitative estimate of drug-likeness (QED) is 0.162. The highest BCUT2D eigenvalue weighted by atomic mass is 79.9. The maximum absolute atomic E-state index is 9.64. The molecule has 6 nitrogen and oxygen atoms in total. The minimum Gasteiger partial charge on any atom is -0.399 e. The first kappa shape index (κ1) is 64.5. The predicted molar refractivity (Wildman–Crippen MR) is 443 cm³/mol. The molecule has 0 radical (unpaired) electrons. The molecule has 2 aromatic heterocycles. The normalized spacial score (nSPS) is 18.1. The maximum Gasteiger partial charge on any atom is 0.494 e. The van der Waals surface area contributed by atoms with Gasteiger partial charge in [-0.25, -0.2) is 0 Å². The van der Waals surface area contributed by atoms with Gasteiger partial charge in [0.1, 0.15) is 0 Å². The number of para-hydroxylation sites is 6. The highest BCUT2D eigenvalue weighted by Crippen LogP contribution is 2.64. The fourth-order valence-corrected chi connectivity index (χ4v) is 20.6. The minimum atomic E-state index is -0.470. The average Bonchev–Trinajstić information content (AvgIpc) is 1.49. The van der Waals surface area contributed by atoms with Crippen molar-refractivity contribution in [3.05, 3.63) is 374 Å². The zero-order valence-electron chi connectivity index (χ0n) is 61.3. The lowest BCUT2D eigenvalue weighted by atomic mass is 9.65. The number of aromatic nitrogens is 2. The number of benzene rings is 14. The Kier molecular flexibility index (Phi) is 13.5. The van der Waals surface area contributed by atoms with Gasteiger partial charge in [-0.05, 0) is 228 Å². The Bertz CT molecular complexity index is 6770. The molecule has 108 heavy (non-hydrogen) atoms. The minimum absolute atomic E-state index is 0.156. The number of hydrogen-bond acceptors (Lipinski definition) is 4. The topological polar surface area (TPSA) is 75.9 Å². The van der Waals surface area contributed by atoms with Crippen LogP contribution < -0.4 is 5.46 Å². The van der Waals surface area contributed by atoms with Crippen LogP contribution in [0, 0.1) is 22.7 Å². The Labute approximate surface area is 637 Å². The first-order valence-electron chi connectivity index (χ1n) is 37.5. The van der Waals surface area contributed by atoms with Gasteiger partial charge in [-0.15, -0.1) is 0 Å². The van der Waals surface area contributed by atoms with Crippen molar-refractivity contribution in [1.82, 2.24) is 9.13 Å². The van der Waals surface area contributed by atoms with Crippen LogP contribution in [0.1, 0.15) is 133 Å². The lowest BCUT2D eigenvalue weighted by molar-refractivity contribution is 0.00578. The lowest BCUT2D eigenvalue weighted by Crippen LogP contribution is -2.41. The Balaban J connectivity index is 0.000000110. The molecule has 3 aliphatic heterocycles. The fourth-order valence-electron chi connectivity index (χ4n) is 20.2. The maximum atomic E-state index is 9.64. The number of rotatable bonds is 2. The zero-order valence-corrected chi connectivity index (χ0v) is 62.9. The van der Waals surface area contributed by atoms with Gasteiger partial charge in [-0.1, -0.05) is 262 Å². The summed E-state index contributed by atoms with van der Waals surface area (Å²) in [5, 5.41) is 24.1. The molecule has 514 valence electrons. The molecule has 4 aliphatic carbocycles. The van der Waals surface area contributed by atoms with E-state index in [1.165, 1.54) is 177 Å². The second-order valence-corrected chi connectivity index (χ2v) is 33.2. The van der Waals surface area contributed by atoms with Gasteiger partial charge < -0.3 is 18.4 Å². The van der Waals surface area contributed by atoms with Crippen molar-refractivity contribution in [3.63, 3.8) is 0 Å². The van der Waals surface area contributed by atoms with E-state index in [1.54, 1.807) is 0 Å². The summed E-state index contributed by atoms with van der Waals surface area (Å²) in [6.07, 6.45) is 0. The summed E-state index contributed by atoms with van der Waals surface area (Å²) in [6, 6.07) is 112. The molecule has 0 amide bonds. The van der Waals surface area contributed by atoms with E-state index >= 15 is 0 Å². The third-order valence-electron chi connectivity index (χ3n) is 25.8. The van der Waals surface area contributed by atoms with Crippen molar-refractivity contribution < 1.29 is 9.31 Å². The Morgan fingerprint density at radius 1 is 0.306 bits per heavy atom. The van der Waals surface area contributed by atoms with Crippen molar-refractivity contribution in [1.29, 1.82) is 10.5 Å². The van der Waals surface area contributed by atoms with E-state index in [-0.39, 0.29) is 34.6 Å². The molecule has 0 saturated carbocycles. The molecule has 0 bridgehead atoms. The predicted octanol–water partition coefficient (Wildman–Crippen LogP) is 23.7. The number of fused-ring (bicyclic) bond motifs is 30. The monoisotopic (exact) mass is 1450 g/mol. The van der Waals surface area contributed by atoms with Gasteiger partial charge in [0.25, 0.3) is 0 Å². The van der Waals surface area contributed by atoms with Gasteiger partial charge in [0, 0.05) is 36.8 Å². The summed E-state index contributed by atoms with van der Waals surface area (Å²) in [4.78, 5) is 0. The van der Waals surface area contributed by atoms with E-state index in [0.29, 0.717) is 11.1 Å². The zero-order chi connectivity index (χ0) is 73.3. The molecule has 0 N–H and O–H groups in total. The summed E-state index contributed by atoms with van der Waals surface area (Å²) < 4.78 is 18.6. The van der Waals surface area contributed by atoms with E-state index in [2.05, 4.69) is 366 Å². The lowest BCUT2D eigenvalue weighted by Gasteiger charge is -2.39. The van der Waals surface area contributed by atoms with E-state index in [0.717, 1.165) is 9.94 Å². The van der Waals surface area contributed by atoms with Gasteiger partial charge in [0.15, 0.2) is 0 Å². The standard InChI is InChI=1S/C47H30N2.C31H18BrN.C22H24BNO2/c1-46(2)40-24-28(27-48)18-21-32(40)33-22-19-29(25-41(33)46)30-20-23-34-31-10-3-5-13-37(31)47(42(34)26-30)38-14-6-8-17-44(38)49-43-16-7-4-11-35(43)36-12-9-15-39(47)45(36)49;32-19-16-17-21-20-8-1-3-11-24(20)31(27(21)18-19)25-12-4-6-15-29(25)33-28-14-5-2-9-22(28)23-10-7-13-26(31)30(23)33;1-20(2)18-11-14(13-24)7-9-16(18)17-10-8-15(12-19(17)20)23-25-21(3,4)22(5,6)26-23/h3-26H,1-2H3;1-18H;7-12H,1-6H3. The van der Waals surface area contributed by atoms with Gasteiger partial charge in [-0.3, -0.25) is 0 Å². The molecule has 2 atom stereocenters. The van der Waals surface area contributed by atoms with Crippen LogP contribution in [-0.4, -0.2) is 27.5 Å². The summed E-state index contributed by atoms with van der Waals surface area (Å²) in [5.41, 5.74) is 36.6. The van der Waals surface area contributed by atoms with Gasteiger partial charge in [0.2, 0.25) is 0 Å². The van der Waals surface area contributed by atoms with E-state index in [1.807, 2.05) is 18.2 Å². The van der Waals surface area contributed by atoms with Crippen LogP contribution in [0.4, 0.5) is 0 Å². The van der Waals surface area contributed by atoms with Crippen LogP contribution in [-0.2, 0) is 31.0 Å². The average molecular weight is 1450 g/mol. The van der Waals surface area contributed by atoms with Gasteiger partial charge >= 0.3 is 7.12 Å². The van der Waals surface area contributed by atoms with Crippen LogP contribution in [0.25, 0.3) is 111 Å². The second kappa shape index (κ2) is 22.6. The van der Waals surface area contributed by atoms with E-state index in [4.69, 9.17) is 9.31 Å². The Morgan fingerprint density at radius 2 is 0.657 bits per heavy atom. The van der Waals surface area contributed by atoms with Crippen LogP contribution in [0.5, 0.6) is 0 Å². The second-order valence-electron chi connectivity index (χ2n) is 32.3. The number of nitrogens with zero attached hydrogens (tertiary/aromatic N) is 4. The summed E-state index contributed by atoms with van der Waals surface area (Å²) in [6.45, 7) is 17.3. The number of halogens is 1. The number of hydrogen-bond donors (Lipinski definition) is 0. The smallest absolute Gasteiger partial charge is 0.399 e. The van der Waals surface area contributed by atoms with Crippen molar-refractivity contribution in [2.45, 2.75) is 88.3 Å². The van der Waals surface area contributed by atoms with Crippen LogP contribution in [0.3, 0.4) is 0 Å². The van der Waals surface area contributed by atoms with Crippen LogP contribution in [0.15, 0.2) is 296 Å². The van der Waals surface area contributed by atoms with Gasteiger partial charge in [-0.2, -0.15) is 10.5 Å². The Hall–Kier alpha value is -11.9. The third-order valence-corrected chi connectivity index (χ3v) is 26.3. The molecular formula is C100H72BBrN4O2. The molecule has 2 spiro atoms. The highest BCUT2D eigenvalue weighted by molar-refractivity contribution is 9.10. The summed E-state index contributed by atoms with van der Waals surface area (Å²) in [7, 11) is -0.362. The van der Waals surface area contributed by atoms with Crippen LogP contribution in [0.2, 0.25) is 0 Å². The molecule has 5 heterocycles. The molecule has 23 rings (SSSR count). The molecule has 14 aromatic carbocycles. The highest BCUT2D eigenvalue weighted by Gasteiger charge is 2.55. The third kappa shape index (κ3) is 8.43. The van der Waals surface area contributed by atoms with E-state index < -0.39 is 5.41 Å². The molecule has 1 fully saturated rings. The molecule has 16 aromatic rings. The van der Waals surface area contributed by atoms with Gasteiger partial charge in [0.05, 0.1) is 78.7 Å². The SMILES string of the molecule is Brc1ccc2c(c1)C1(c3ccccc3-2)c2ccccc2-n2c3ccccc3c3cccc1c32.CC1(C)c2cc(C#N)ccc2-c2ccc(-c3ccc4c(c3)C3(c5ccccc5-4)c4ccccc4-n4c5ccccc5c5cccc3c54)cc21.CC1(C)c2cc(C#N)ccc2-c2ccc(B3OC(C)(C)C(C)(C)O3)cc21. The van der Waals surface area contributed by atoms with Crippen molar-refractivity contribution >= 4 is 72.1 Å². The first-order valence-corrected chi connectivity index (χ1v) is 38.3. The number of nitriles is 2. The largest absolute Gasteiger partial charge is 0.494 e. The summed E-state index contributed by atoms with van der Waals surface area (Å²) >= 11 is 3.79. The van der Waals surface area contributed by atoms with Crippen molar-refractivity contribution in [2.24, 2.45) is 0 Å². The molecule has 7 aliphatic rings. The van der Waals surface area contributed by atoms with Crippen LogP contribution >= 0.6 is 15.9 Å². The Morgan fingerprint density at radius 3 is 1.15 bits per heavy atom. The van der Waals surface area contributed by atoms with Crippen molar-refractivity contribution in [2.75, 3.05) is 0 Å². The summed E-state index contributed by atoms with van der Waals surface area (Å²) in [5.74, 6) is 0. The molecule has 2 unspecified atom stereocenters.